The molecule has 3 heterocycles. The van der Waals surface area contributed by atoms with E-state index in [-0.39, 0.29) is 0 Å². The Hall–Kier alpha value is -7.21. The molecule has 3 aromatic heterocycles. The number of aromatic nitrogens is 4. The summed E-state index contributed by atoms with van der Waals surface area (Å²) in [6.07, 6.45) is 0. The number of fused-ring (bicyclic) bond motifs is 6. The molecule has 0 saturated heterocycles. The van der Waals surface area contributed by atoms with Crippen LogP contribution in [0.1, 0.15) is 0 Å². The van der Waals surface area contributed by atoms with Crippen LogP contribution in [-0.2, 0) is 0 Å². The Morgan fingerprint density at radius 2 is 0.893 bits per heavy atom. The minimum atomic E-state index is 0.627. The van der Waals surface area contributed by atoms with Crippen molar-refractivity contribution in [3.8, 4) is 62.1 Å². The molecule has 0 aliphatic rings. The molecule has 56 heavy (non-hydrogen) atoms. The fourth-order valence-electron chi connectivity index (χ4n) is 8.07. The monoisotopic (exact) mass is 732 g/mol. The normalized spacial score (nSPS) is 11.6. The number of hydrogen-bond donors (Lipinski definition) is 0. The molecule has 0 spiro atoms. The van der Waals surface area contributed by atoms with E-state index in [1.54, 1.807) is 0 Å². The average Bonchev–Trinajstić information content (AvgIpc) is 3.82. The number of nitrogens with zero attached hydrogens (tertiary/aromatic N) is 4. The van der Waals surface area contributed by atoms with Crippen molar-refractivity contribution < 1.29 is 0 Å². The molecule has 0 fully saturated rings. The van der Waals surface area contributed by atoms with Gasteiger partial charge in [0.2, 0.25) is 0 Å². The van der Waals surface area contributed by atoms with Crippen LogP contribution in [0.25, 0.3) is 104 Å². The van der Waals surface area contributed by atoms with Gasteiger partial charge < -0.3 is 4.57 Å². The first-order valence-electron chi connectivity index (χ1n) is 18.8. The lowest BCUT2D eigenvalue weighted by Gasteiger charge is -2.16. The lowest BCUT2D eigenvalue weighted by molar-refractivity contribution is 1.07. The van der Waals surface area contributed by atoms with Gasteiger partial charge >= 0.3 is 0 Å². The Bertz CT molecular complexity index is 3180. The van der Waals surface area contributed by atoms with Crippen LogP contribution in [0.2, 0.25) is 0 Å². The highest BCUT2D eigenvalue weighted by Gasteiger charge is 2.21. The van der Waals surface area contributed by atoms with Crippen LogP contribution >= 0.6 is 11.3 Å². The fourth-order valence-corrected chi connectivity index (χ4v) is 9.21. The van der Waals surface area contributed by atoms with E-state index in [1.807, 2.05) is 72.0 Å². The SMILES string of the molecule is c1ccc(-c2nc(-c3ccccc3)nc(-c3ccc(-n4c5ccccc5c5c(-c6ccc7c(c6)sc6ccccc67)cccc54)c(-c4ccccc4)c3)n2)cc1. The average molecular weight is 733 g/mol. The maximum atomic E-state index is 5.08. The van der Waals surface area contributed by atoms with Crippen molar-refractivity contribution in [2.45, 2.75) is 0 Å². The van der Waals surface area contributed by atoms with Crippen LogP contribution < -0.4 is 0 Å². The Labute approximate surface area is 327 Å². The van der Waals surface area contributed by atoms with Crippen LogP contribution in [0.3, 0.4) is 0 Å². The summed E-state index contributed by atoms with van der Waals surface area (Å²) in [5.41, 5.74) is 10.8. The van der Waals surface area contributed by atoms with E-state index in [0.717, 1.165) is 44.5 Å². The van der Waals surface area contributed by atoms with Gasteiger partial charge in [-0.2, -0.15) is 0 Å². The summed E-state index contributed by atoms with van der Waals surface area (Å²) < 4.78 is 5.04. The first-order chi connectivity index (χ1) is 27.8. The molecule has 11 rings (SSSR count). The van der Waals surface area contributed by atoms with Crippen molar-refractivity contribution in [2.24, 2.45) is 0 Å². The minimum Gasteiger partial charge on any atom is -0.309 e. The van der Waals surface area contributed by atoms with E-state index in [4.69, 9.17) is 15.0 Å². The van der Waals surface area contributed by atoms with Crippen molar-refractivity contribution in [1.29, 1.82) is 0 Å². The summed E-state index contributed by atoms with van der Waals surface area (Å²) in [5, 5.41) is 5.08. The van der Waals surface area contributed by atoms with Gasteiger partial charge in [0.15, 0.2) is 17.5 Å². The quantitative estimate of drug-likeness (QED) is 0.171. The molecule has 0 aliphatic heterocycles. The fraction of sp³-hybridized carbons (Fsp3) is 0. The summed E-state index contributed by atoms with van der Waals surface area (Å²) in [6.45, 7) is 0. The van der Waals surface area contributed by atoms with Gasteiger partial charge in [0.1, 0.15) is 0 Å². The molecule has 0 N–H and O–H groups in total. The third-order valence-electron chi connectivity index (χ3n) is 10.7. The first kappa shape index (κ1) is 32.2. The molecule has 0 aliphatic carbocycles. The Kier molecular flexibility index (Phi) is 7.64. The van der Waals surface area contributed by atoms with Gasteiger partial charge in [0.25, 0.3) is 0 Å². The smallest absolute Gasteiger partial charge is 0.164 e. The molecule has 0 radical (unpaired) electrons. The largest absolute Gasteiger partial charge is 0.309 e. The van der Waals surface area contributed by atoms with Crippen molar-refractivity contribution in [2.75, 3.05) is 0 Å². The highest BCUT2D eigenvalue weighted by Crippen LogP contribution is 2.43. The highest BCUT2D eigenvalue weighted by atomic mass is 32.1. The topological polar surface area (TPSA) is 43.6 Å². The number of hydrogen-bond acceptors (Lipinski definition) is 4. The van der Waals surface area contributed by atoms with Crippen LogP contribution in [-0.4, -0.2) is 19.5 Å². The van der Waals surface area contributed by atoms with Crippen molar-refractivity contribution in [3.05, 3.63) is 194 Å². The van der Waals surface area contributed by atoms with E-state index < -0.39 is 0 Å². The highest BCUT2D eigenvalue weighted by molar-refractivity contribution is 7.25. The minimum absolute atomic E-state index is 0.627. The van der Waals surface area contributed by atoms with Crippen molar-refractivity contribution >= 4 is 53.3 Å². The second kappa shape index (κ2) is 13.3. The van der Waals surface area contributed by atoms with Gasteiger partial charge in [-0.3, -0.25) is 0 Å². The zero-order chi connectivity index (χ0) is 37.0. The van der Waals surface area contributed by atoms with Gasteiger partial charge in [-0.1, -0.05) is 152 Å². The summed E-state index contributed by atoms with van der Waals surface area (Å²) >= 11 is 1.86. The standard InChI is InChI=1S/C51H32N4S/c1-4-15-33(16-5-1)42-31-37(51-53-49(34-17-6-2-7-18-34)52-50(54-51)35-19-8-3-9-20-35)28-30-44(42)55-43-24-12-10-22-41(43)48-38(23-14-25-45(48)55)36-27-29-40-39-21-11-13-26-46(39)56-47(40)32-36/h1-32H. The van der Waals surface area contributed by atoms with E-state index in [0.29, 0.717) is 17.5 Å². The molecule has 4 nitrogen and oxygen atoms in total. The van der Waals surface area contributed by atoms with E-state index >= 15 is 0 Å². The lowest BCUT2D eigenvalue weighted by atomic mass is 9.98. The number of benzene rings is 8. The van der Waals surface area contributed by atoms with E-state index in [1.165, 1.54) is 42.1 Å². The van der Waals surface area contributed by atoms with E-state index in [9.17, 15) is 0 Å². The Morgan fingerprint density at radius 1 is 0.339 bits per heavy atom. The molecule has 0 saturated carbocycles. The zero-order valence-corrected chi connectivity index (χ0v) is 31.0. The molecule has 8 aromatic carbocycles. The Morgan fingerprint density at radius 3 is 1.61 bits per heavy atom. The van der Waals surface area contributed by atoms with Gasteiger partial charge in [-0.25, -0.2) is 15.0 Å². The van der Waals surface area contributed by atoms with Crippen molar-refractivity contribution in [1.82, 2.24) is 19.5 Å². The summed E-state index contributed by atoms with van der Waals surface area (Å²) in [7, 11) is 0. The maximum Gasteiger partial charge on any atom is 0.164 e. The zero-order valence-electron chi connectivity index (χ0n) is 30.2. The second-order valence-corrected chi connectivity index (χ2v) is 15.1. The number of rotatable bonds is 6. The van der Waals surface area contributed by atoms with Gasteiger partial charge in [-0.05, 0) is 59.2 Å². The van der Waals surface area contributed by atoms with Crippen LogP contribution in [0.4, 0.5) is 0 Å². The third kappa shape index (κ3) is 5.40. The molecular formula is C51H32N4S. The van der Waals surface area contributed by atoms with Crippen LogP contribution in [0.15, 0.2) is 194 Å². The molecule has 11 aromatic rings. The molecule has 0 amide bonds. The van der Waals surface area contributed by atoms with Gasteiger partial charge in [-0.15, -0.1) is 11.3 Å². The predicted molar refractivity (Wildman–Crippen MR) is 234 cm³/mol. The summed E-state index contributed by atoms with van der Waals surface area (Å²) in [5.74, 6) is 1.91. The van der Waals surface area contributed by atoms with Crippen LogP contribution in [0.5, 0.6) is 0 Å². The lowest BCUT2D eigenvalue weighted by Crippen LogP contribution is -2.02. The predicted octanol–water partition coefficient (Wildman–Crippen LogP) is 13.7. The molecule has 5 heteroatoms. The molecule has 262 valence electrons. The summed E-state index contributed by atoms with van der Waals surface area (Å²) in [4.78, 5) is 15.1. The summed E-state index contributed by atoms with van der Waals surface area (Å²) in [6, 6.07) is 68.7. The van der Waals surface area contributed by atoms with Crippen molar-refractivity contribution in [3.63, 3.8) is 0 Å². The second-order valence-electron chi connectivity index (χ2n) is 14.0. The molecule has 0 unspecified atom stereocenters. The molecular weight excluding hydrogens is 701 g/mol. The van der Waals surface area contributed by atoms with Gasteiger partial charge in [0.05, 0.1) is 16.7 Å². The molecule has 0 atom stereocenters. The first-order valence-corrected chi connectivity index (χ1v) is 19.6. The Balaban J connectivity index is 1.13. The third-order valence-corrected chi connectivity index (χ3v) is 11.8. The number of thiophene rings is 1. The molecule has 0 bridgehead atoms. The van der Waals surface area contributed by atoms with E-state index in [2.05, 4.69) is 138 Å². The van der Waals surface area contributed by atoms with Gasteiger partial charge in [0, 0.05) is 53.2 Å². The van der Waals surface area contributed by atoms with Crippen LogP contribution in [0, 0.1) is 0 Å². The maximum absolute atomic E-state index is 5.08. The number of para-hydroxylation sites is 1.